The van der Waals surface area contributed by atoms with Gasteiger partial charge in [-0.15, -0.1) is 0 Å². The lowest BCUT2D eigenvalue weighted by Crippen LogP contribution is -2.53. The Morgan fingerprint density at radius 3 is 2.48 bits per heavy atom. The summed E-state index contributed by atoms with van der Waals surface area (Å²) in [6.07, 6.45) is 6.19. The molecule has 12 heteroatoms. The number of ether oxygens (including phenoxy) is 2. The Labute approximate surface area is 264 Å². The SMILES string of the molecule is COc1cc(C=CC(O)=CC(=O)C2C3CCCCN3C3(C(=O)Nc4ccc([N+](=O)[O-])cc43)C2c2ccc(O)c(OC)c2)ccc1O. The van der Waals surface area contributed by atoms with Gasteiger partial charge in [0.15, 0.2) is 28.8 Å². The van der Waals surface area contributed by atoms with Gasteiger partial charge >= 0.3 is 0 Å². The van der Waals surface area contributed by atoms with Crippen LogP contribution in [0.1, 0.15) is 41.9 Å². The summed E-state index contributed by atoms with van der Waals surface area (Å²) in [5.74, 6) is -2.65. The molecule has 2 fully saturated rings. The molecule has 3 aliphatic heterocycles. The largest absolute Gasteiger partial charge is 0.508 e. The maximum Gasteiger partial charge on any atom is 0.269 e. The van der Waals surface area contributed by atoms with E-state index < -0.39 is 40.0 Å². The van der Waals surface area contributed by atoms with Gasteiger partial charge in [-0.25, -0.2) is 0 Å². The zero-order chi connectivity index (χ0) is 32.7. The number of phenolic OH excluding ortho intramolecular Hbond substituents is 2. The molecule has 1 amide bonds. The molecule has 3 aromatic carbocycles. The van der Waals surface area contributed by atoms with Crippen molar-refractivity contribution in [1.82, 2.24) is 4.90 Å². The fraction of sp³-hybridized carbons (Fsp3) is 0.294. The van der Waals surface area contributed by atoms with Crippen molar-refractivity contribution in [2.24, 2.45) is 5.92 Å². The van der Waals surface area contributed by atoms with Gasteiger partial charge in [0.1, 0.15) is 11.3 Å². The number of nitro benzene ring substituents is 1. The number of non-ortho nitro benzene ring substituents is 1. The average molecular weight is 628 g/mol. The van der Waals surface area contributed by atoms with Crippen molar-refractivity contribution in [3.05, 3.63) is 99.3 Å². The van der Waals surface area contributed by atoms with Gasteiger partial charge in [0.05, 0.1) is 19.1 Å². The number of nitrogens with one attached hydrogen (secondary N) is 1. The summed E-state index contributed by atoms with van der Waals surface area (Å²) >= 11 is 0. The number of anilines is 1. The molecule has 46 heavy (non-hydrogen) atoms. The van der Waals surface area contributed by atoms with Crippen LogP contribution in [0.15, 0.2) is 72.5 Å². The molecule has 0 aliphatic carbocycles. The van der Waals surface area contributed by atoms with Crippen molar-refractivity contribution < 1.29 is 39.3 Å². The van der Waals surface area contributed by atoms with E-state index in [9.17, 15) is 35.0 Å². The number of methoxy groups -OCH3 is 2. The molecule has 2 saturated heterocycles. The topological polar surface area (TPSA) is 172 Å². The minimum atomic E-state index is -1.49. The Bertz CT molecular complexity index is 1800. The number of rotatable bonds is 8. The van der Waals surface area contributed by atoms with Crippen LogP contribution in [0.5, 0.6) is 23.0 Å². The van der Waals surface area contributed by atoms with E-state index in [4.69, 9.17) is 9.47 Å². The van der Waals surface area contributed by atoms with Gasteiger partial charge in [-0.1, -0.05) is 24.6 Å². The molecule has 4 unspecified atom stereocenters. The van der Waals surface area contributed by atoms with Crippen LogP contribution in [0.2, 0.25) is 0 Å². The number of piperidine rings is 1. The maximum atomic E-state index is 14.3. The first-order valence-corrected chi connectivity index (χ1v) is 14.8. The zero-order valence-electron chi connectivity index (χ0n) is 25.2. The third-order valence-corrected chi connectivity index (χ3v) is 9.28. The van der Waals surface area contributed by atoms with Gasteiger partial charge < -0.3 is 30.1 Å². The monoisotopic (exact) mass is 627 g/mol. The summed E-state index contributed by atoms with van der Waals surface area (Å²) in [4.78, 5) is 42.0. The first kappa shape index (κ1) is 30.7. The number of aliphatic hydroxyl groups is 1. The molecule has 0 aromatic heterocycles. The van der Waals surface area contributed by atoms with Crippen LogP contribution in [0, 0.1) is 16.0 Å². The molecule has 3 heterocycles. The molecule has 4 N–H and O–H groups in total. The third-order valence-electron chi connectivity index (χ3n) is 9.28. The van der Waals surface area contributed by atoms with Crippen molar-refractivity contribution in [3.63, 3.8) is 0 Å². The molecular formula is C34H33N3O9. The highest BCUT2D eigenvalue weighted by Crippen LogP contribution is 2.61. The van der Waals surface area contributed by atoms with E-state index >= 15 is 0 Å². The first-order valence-electron chi connectivity index (χ1n) is 14.8. The van der Waals surface area contributed by atoms with Crippen LogP contribution >= 0.6 is 0 Å². The Hall–Kier alpha value is -5.36. The predicted octanol–water partition coefficient (Wildman–Crippen LogP) is 5.16. The number of aromatic hydroxyl groups is 2. The van der Waals surface area contributed by atoms with Crippen molar-refractivity contribution in [2.45, 2.75) is 36.8 Å². The van der Waals surface area contributed by atoms with Gasteiger partial charge in [0.25, 0.3) is 5.69 Å². The molecular weight excluding hydrogens is 594 g/mol. The van der Waals surface area contributed by atoms with E-state index in [2.05, 4.69) is 5.32 Å². The Balaban J connectivity index is 1.50. The fourth-order valence-corrected chi connectivity index (χ4v) is 7.39. The van der Waals surface area contributed by atoms with Gasteiger partial charge in [-0.3, -0.25) is 24.6 Å². The van der Waals surface area contributed by atoms with E-state index in [-0.39, 0.29) is 34.4 Å². The zero-order valence-corrected chi connectivity index (χ0v) is 25.2. The second-order valence-corrected chi connectivity index (χ2v) is 11.6. The van der Waals surface area contributed by atoms with Crippen molar-refractivity contribution in [3.8, 4) is 23.0 Å². The number of nitro groups is 1. The van der Waals surface area contributed by atoms with Crippen molar-refractivity contribution in [2.75, 3.05) is 26.1 Å². The average Bonchev–Trinajstić information content (AvgIpc) is 3.52. The predicted molar refractivity (Wildman–Crippen MR) is 168 cm³/mol. The van der Waals surface area contributed by atoms with E-state index in [1.165, 1.54) is 50.6 Å². The molecule has 6 rings (SSSR count). The molecule has 1 spiro atoms. The number of nitrogens with zero attached hydrogens (tertiary/aromatic N) is 2. The molecule has 3 aromatic rings. The summed E-state index contributed by atoms with van der Waals surface area (Å²) in [6, 6.07) is 13.1. The fourth-order valence-electron chi connectivity index (χ4n) is 7.39. The minimum Gasteiger partial charge on any atom is -0.508 e. The summed E-state index contributed by atoms with van der Waals surface area (Å²) in [6.45, 7) is 0.466. The maximum absolute atomic E-state index is 14.3. The van der Waals surface area contributed by atoms with Crippen LogP contribution in [0.4, 0.5) is 11.4 Å². The second-order valence-electron chi connectivity index (χ2n) is 11.6. The third kappa shape index (κ3) is 4.91. The molecule has 0 saturated carbocycles. The minimum absolute atomic E-state index is 0.0402. The van der Waals surface area contributed by atoms with Gasteiger partial charge in [-0.05, 0) is 66.9 Å². The Kier molecular flexibility index (Phi) is 7.90. The van der Waals surface area contributed by atoms with E-state index in [1.807, 2.05) is 4.90 Å². The lowest BCUT2D eigenvalue weighted by atomic mass is 9.69. The van der Waals surface area contributed by atoms with Crippen molar-refractivity contribution >= 4 is 29.1 Å². The number of carbonyl (C=O) groups is 2. The number of carbonyl (C=O) groups excluding carboxylic acids is 2. The number of hydrogen-bond donors (Lipinski definition) is 4. The van der Waals surface area contributed by atoms with E-state index in [1.54, 1.807) is 30.3 Å². The van der Waals surface area contributed by atoms with Gasteiger partial charge in [0.2, 0.25) is 5.91 Å². The van der Waals surface area contributed by atoms with Crippen LogP contribution in [-0.2, 0) is 15.1 Å². The highest BCUT2D eigenvalue weighted by atomic mass is 16.6. The normalized spacial score (nSPS) is 24.1. The summed E-state index contributed by atoms with van der Waals surface area (Å²) in [5.41, 5.74) is 0.284. The van der Waals surface area contributed by atoms with Crippen molar-refractivity contribution in [1.29, 1.82) is 0 Å². The van der Waals surface area contributed by atoms with E-state index in [0.717, 1.165) is 18.9 Å². The van der Waals surface area contributed by atoms with Crippen LogP contribution in [0.3, 0.4) is 0 Å². The summed E-state index contributed by atoms with van der Waals surface area (Å²) < 4.78 is 10.5. The smallest absolute Gasteiger partial charge is 0.269 e. The lowest BCUT2D eigenvalue weighted by Gasteiger charge is -2.41. The molecule has 0 bridgehead atoms. The van der Waals surface area contributed by atoms with Gasteiger partial charge in [-0.2, -0.15) is 0 Å². The number of hydrogen-bond acceptors (Lipinski definition) is 10. The van der Waals surface area contributed by atoms with E-state index in [0.29, 0.717) is 35.3 Å². The number of amides is 1. The van der Waals surface area contributed by atoms with Gasteiger partial charge in [0, 0.05) is 47.3 Å². The number of allylic oxidation sites excluding steroid dienone is 2. The highest BCUT2D eigenvalue weighted by molar-refractivity contribution is 6.09. The summed E-state index contributed by atoms with van der Waals surface area (Å²) in [7, 11) is 2.82. The lowest BCUT2D eigenvalue weighted by molar-refractivity contribution is -0.385. The number of aliphatic hydroxyl groups excluding tert-OH is 1. The summed E-state index contributed by atoms with van der Waals surface area (Å²) in [5, 5.41) is 46.0. The standard InChI is InChI=1S/C34H33N3O9/c1-45-29-15-19(7-12-26(29)39)6-10-22(38)18-28(41)31-25-5-3-4-14-36(25)34(32(31)20-8-13-27(40)30(16-20)46-2)23-17-21(37(43)44)9-11-24(23)35-33(34)42/h6-13,15-18,25,31-32,38-40H,3-5,14H2,1-2H3,(H,35,42). The Morgan fingerprint density at radius 1 is 1.04 bits per heavy atom. The highest BCUT2D eigenvalue weighted by Gasteiger charge is 2.68. The Morgan fingerprint density at radius 2 is 1.76 bits per heavy atom. The molecule has 12 nitrogen and oxygen atoms in total. The van der Waals surface area contributed by atoms with Crippen LogP contribution in [0.25, 0.3) is 6.08 Å². The number of phenols is 2. The molecule has 238 valence electrons. The van der Waals surface area contributed by atoms with Crippen LogP contribution in [-0.4, -0.2) is 63.6 Å². The molecule has 4 atom stereocenters. The number of benzene rings is 3. The first-order chi connectivity index (χ1) is 22.1. The molecule has 3 aliphatic rings. The quantitative estimate of drug-likeness (QED) is 0.0859. The van der Waals surface area contributed by atoms with Crippen LogP contribution < -0.4 is 14.8 Å². The number of ketones is 1. The number of fused-ring (bicyclic) bond motifs is 4. The second kappa shape index (κ2) is 11.9. The molecule has 0 radical (unpaired) electrons.